The normalized spacial score (nSPS) is 19.4. The van der Waals surface area contributed by atoms with Crippen LogP contribution in [0.4, 0.5) is 0 Å². The number of aliphatic hydroxyl groups is 1. The summed E-state index contributed by atoms with van der Waals surface area (Å²) in [7, 11) is 0. The van der Waals surface area contributed by atoms with E-state index in [1.165, 1.54) is 18.4 Å². The molecule has 3 heteroatoms. The molecular formula is C13H18BrNO. The fourth-order valence-electron chi connectivity index (χ4n) is 1.99. The molecule has 0 amide bonds. The van der Waals surface area contributed by atoms with Gasteiger partial charge in [-0.2, -0.15) is 0 Å². The molecule has 1 unspecified atom stereocenters. The molecule has 0 aromatic heterocycles. The molecule has 0 saturated heterocycles. The zero-order valence-corrected chi connectivity index (χ0v) is 11.1. The van der Waals surface area contributed by atoms with Crippen LogP contribution in [0, 0.1) is 5.92 Å². The van der Waals surface area contributed by atoms with Gasteiger partial charge < -0.3 is 10.4 Å². The Balaban J connectivity index is 1.98. The van der Waals surface area contributed by atoms with Gasteiger partial charge in [0.05, 0.1) is 6.61 Å². The summed E-state index contributed by atoms with van der Waals surface area (Å²) in [5, 5.41) is 13.0. The van der Waals surface area contributed by atoms with Gasteiger partial charge in [0.25, 0.3) is 0 Å². The summed E-state index contributed by atoms with van der Waals surface area (Å²) in [4.78, 5) is 0. The van der Waals surface area contributed by atoms with Crippen LogP contribution in [0.1, 0.15) is 25.3 Å². The van der Waals surface area contributed by atoms with Crippen LogP contribution in [0.25, 0.3) is 0 Å². The lowest BCUT2D eigenvalue weighted by Crippen LogP contribution is -2.47. The molecule has 1 fully saturated rings. The minimum Gasteiger partial charge on any atom is -0.394 e. The van der Waals surface area contributed by atoms with Crippen LogP contribution < -0.4 is 5.32 Å². The number of nitrogens with one attached hydrogen (secondary N) is 1. The van der Waals surface area contributed by atoms with Gasteiger partial charge in [0.2, 0.25) is 0 Å². The van der Waals surface area contributed by atoms with E-state index >= 15 is 0 Å². The first kappa shape index (κ1) is 12.1. The molecule has 1 aromatic rings. The highest BCUT2D eigenvalue weighted by atomic mass is 79.9. The lowest BCUT2D eigenvalue weighted by atomic mass is 9.96. The van der Waals surface area contributed by atoms with E-state index in [0.717, 1.165) is 11.0 Å². The van der Waals surface area contributed by atoms with Gasteiger partial charge in [-0.15, -0.1) is 0 Å². The molecule has 0 spiro atoms. The van der Waals surface area contributed by atoms with Crippen LogP contribution in [0.5, 0.6) is 0 Å². The van der Waals surface area contributed by atoms with Crippen LogP contribution in [0.2, 0.25) is 0 Å². The molecule has 16 heavy (non-hydrogen) atoms. The van der Waals surface area contributed by atoms with Gasteiger partial charge in [0.15, 0.2) is 0 Å². The van der Waals surface area contributed by atoms with E-state index in [0.29, 0.717) is 5.92 Å². The minimum absolute atomic E-state index is 0.116. The largest absolute Gasteiger partial charge is 0.394 e. The molecule has 0 radical (unpaired) electrons. The second kappa shape index (κ2) is 4.86. The molecule has 2 nitrogen and oxygen atoms in total. The smallest absolute Gasteiger partial charge is 0.0613 e. The average molecular weight is 284 g/mol. The van der Waals surface area contributed by atoms with Crippen molar-refractivity contribution in [1.29, 1.82) is 0 Å². The van der Waals surface area contributed by atoms with E-state index in [2.05, 4.69) is 34.2 Å². The third-order valence-corrected chi connectivity index (χ3v) is 4.22. The quantitative estimate of drug-likeness (QED) is 0.871. The summed E-state index contributed by atoms with van der Waals surface area (Å²) in [5.74, 6) is 0.639. The van der Waals surface area contributed by atoms with Crippen molar-refractivity contribution in [3.63, 3.8) is 0 Å². The fraction of sp³-hybridized carbons (Fsp3) is 0.538. The van der Waals surface area contributed by atoms with E-state index in [-0.39, 0.29) is 12.1 Å². The summed E-state index contributed by atoms with van der Waals surface area (Å²) in [6, 6.07) is 8.20. The van der Waals surface area contributed by atoms with E-state index in [4.69, 9.17) is 0 Å². The first-order valence-electron chi connectivity index (χ1n) is 5.75. The van der Waals surface area contributed by atoms with Crippen LogP contribution in [-0.2, 0) is 6.54 Å². The highest BCUT2D eigenvalue weighted by Crippen LogP contribution is 2.39. The minimum atomic E-state index is -0.116. The zero-order chi connectivity index (χ0) is 11.6. The third kappa shape index (κ3) is 2.65. The van der Waals surface area contributed by atoms with E-state index in [1.807, 2.05) is 18.2 Å². The van der Waals surface area contributed by atoms with Crippen LogP contribution in [0.15, 0.2) is 28.7 Å². The molecule has 1 aliphatic rings. The number of aliphatic hydroxyl groups excluding tert-OH is 1. The standard InChI is InChI=1S/C13H18BrNO/c1-13(9-16,11-6-7-11)15-8-10-4-2-3-5-12(10)14/h2-5,11,15-16H,6-9H2,1H3. The lowest BCUT2D eigenvalue weighted by molar-refractivity contribution is 0.153. The summed E-state index contributed by atoms with van der Waals surface area (Å²) in [6.07, 6.45) is 2.47. The second-order valence-corrected chi connectivity index (χ2v) is 5.65. The van der Waals surface area contributed by atoms with Crippen molar-refractivity contribution in [2.45, 2.75) is 31.8 Å². The number of hydrogen-bond acceptors (Lipinski definition) is 2. The van der Waals surface area contributed by atoms with Crippen molar-refractivity contribution >= 4 is 15.9 Å². The molecule has 2 rings (SSSR count). The fourth-order valence-corrected chi connectivity index (χ4v) is 2.41. The topological polar surface area (TPSA) is 32.3 Å². The molecule has 2 N–H and O–H groups in total. The Bertz CT molecular complexity index is 365. The molecule has 0 bridgehead atoms. The monoisotopic (exact) mass is 283 g/mol. The summed E-state index contributed by atoms with van der Waals surface area (Å²) in [6.45, 7) is 3.12. The Morgan fingerprint density at radius 1 is 1.44 bits per heavy atom. The highest BCUT2D eigenvalue weighted by molar-refractivity contribution is 9.10. The van der Waals surface area contributed by atoms with Gasteiger partial charge >= 0.3 is 0 Å². The molecule has 1 aliphatic carbocycles. The molecule has 88 valence electrons. The highest BCUT2D eigenvalue weighted by Gasteiger charge is 2.40. The molecular weight excluding hydrogens is 266 g/mol. The Hall–Kier alpha value is -0.380. The van der Waals surface area contributed by atoms with Gasteiger partial charge in [-0.1, -0.05) is 34.1 Å². The molecule has 0 aliphatic heterocycles. The third-order valence-electron chi connectivity index (χ3n) is 3.45. The first-order valence-corrected chi connectivity index (χ1v) is 6.54. The molecule has 1 saturated carbocycles. The predicted octanol–water partition coefficient (Wildman–Crippen LogP) is 2.70. The van der Waals surface area contributed by atoms with Gasteiger partial charge in [-0.3, -0.25) is 0 Å². The van der Waals surface area contributed by atoms with Crippen molar-refractivity contribution in [3.8, 4) is 0 Å². The van der Waals surface area contributed by atoms with Gasteiger partial charge in [0, 0.05) is 16.6 Å². The molecule has 1 atom stereocenters. The average Bonchev–Trinajstić information content (AvgIpc) is 3.12. The van der Waals surface area contributed by atoms with Gasteiger partial charge in [-0.25, -0.2) is 0 Å². The maximum Gasteiger partial charge on any atom is 0.0613 e. The predicted molar refractivity (Wildman–Crippen MR) is 69.2 cm³/mol. The van der Waals surface area contributed by atoms with Gasteiger partial charge in [0.1, 0.15) is 0 Å². The number of rotatable bonds is 5. The van der Waals surface area contributed by atoms with Crippen molar-refractivity contribution in [1.82, 2.24) is 5.32 Å². The Morgan fingerprint density at radius 3 is 2.69 bits per heavy atom. The second-order valence-electron chi connectivity index (χ2n) is 4.79. The van der Waals surface area contributed by atoms with Crippen LogP contribution in [-0.4, -0.2) is 17.3 Å². The summed E-state index contributed by atoms with van der Waals surface area (Å²) in [5.41, 5.74) is 1.12. The van der Waals surface area contributed by atoms with Crippen molar-refractivity contribution in [2.75, 3.05) is 6.61 Å². The Labute approximate surface area is 105 Å². The van der Waals surface area contributed by atoms with E-state index in [1.54, 1.807) is 0 Å². The Kier molecular flexibility index (Phi) is 3.67. The molecule has 0 heterocycles. The van der Waals surface area contributed by atoms with Crippen molar-refractivity contribution in [3.05, 3.63) is 34.3 Å². The maximum absolute atomic E-state index is 9.47. The Morgan fingerprint density at radius 2 is 2.12 bits per heavy atom. The summed E-state index contributed by atoms with van der Waals surface area (Å²) < 4.78 is 1.12. The zero-order valence-electron chi connectivity index (χ0n) is 9.54. The van der Waals surface area contributed by atoms with E-state index in [9.17, 15) is 5.11 Å². The van der Waals surface area contributed by atoms with E-state index < -0.39 is 0 Å². The van der Waals surface area contributed by atoms with Gasteiger partial charge in [-0.05, 0) is 37.3 Å². The lowest BCUT2D eigenvalue weighted by Gasteiger charge is -2.29. The van der Waals surface area contributed by atoms with Crippen LogP contribution >= 0.6 is 15.9 Å². The summed E-state index contributed by atoms with van der Waals surface area (Å²) >= 11 is 3.54. The maximum atomic E-state index is 9.47. The number of hydrogen-bond donors (Lipinski definition) is 2. The van der Waals surface area contributed by atoms with Crippen LogP contribution in [0.3, 0.4) is 0 Å². The number of benzene rings is 1. The van der Waals surface area contributed by atoms with Crippen molar-refractivity contribution < 1.29 is 5.11 Å². The first-order chi connectivity index (χ1) is 7.65. The SMILES string of the molecule is CC(CO)(NCc1ccccc1Br)C1CC1. The molecule has 1 aromatic carbocycles. The van der Waals surface area contributed by atoms with Crippen molar-refractivity contribution in [2.24, 2.45) is 5.92 Å². The number of halogens is 1.